The maximum atomic E-state index is 12.0. The van der Waals surface area contributed by atoms with Crippen molar-refractivity contribution in [1.82, 2.24) is 24.8 Å². The van der Waals surface area contributed by atoms with Crippen molar-refractivity contribution < 1.29 is 19.8 Å². The summed E-state index contributed by atoms with van der Waals surface area (Å²) in [7, 11) is 0. The SMILES string of the molecule is CCN(CCO)C(=O)N1CC(n2cc(C(=O)O)nn2)C1. The molecule has 0 aromatic carbocycles. The number of aromatic nitrogens is 3. The quantitative estimate of drug-likeness (QED) is 0.736. The molecule has 9 nitrogen and oxygen atoms in total. The van der Waals surface area contributed by atoms with Crippen molar-refractivity contribution in [2.75, 3.05) is 32.8 Å². The number of likely N-dealkylation sites (tertiary alicyclic amines) is 1. The molecular formula is C11H17N5O4. The highest BCUT2D eigenvalue weighted by Crippen LogP contribution is 2.21. The first kappa shape index (κ1) is 14.3. The molecule has 2 heterocycles. The molecule has 20 heavy (non-hydrogen) atoms. The van der Waals surface area contributed by atoms with Gasteiger partial charge in [-0.1, -0.05) is 5.21 Å². The summed E-state index contributed by atoms with van der Waals surface area (Å²) in [5, 5.41) is 24.9. The standard InChI is InChI=1S/C11H17N5O4/c1-2-14(3-4-17)11(20)15-5-8(6-15)16-7-9(10(18)19)12-13-16/h7-8,17H,2-6H2,1H3,(H,18,19). The summed E-state index contributed by atoms with van der Waals surface area (Å²) < 4.78 is 1.47. The molecule has 0 aliphatic carbocycles. The Bertz CT molecular complexity index is 497. The van der Waals surface area contributed by atoms with E-state index in [1.807, 2.05) is 6.92 Å². The number of hydrogen-bond acceptors (Lipinski definition) is 5. The van der Waals surface area contributed by atoms with E-state index in [0.717, 1.165) is 0 Å². The van der Waals surface area contributed by atoms with Crippen LogP contribution in [-0.4, -0.2) is 79.8 Å². The second kappa shape index (κ2) is 5.87. The highest BCUT2D eigenvalue weighted by molar-refractivity contribution is 5.84. The van der Waals surface area contributed by atoms with E-state index in [2.05, 4.69) is 10.3 Å². The Hall–Kier alpha value is -2.16. The van der Waals surface area contributed by atoms with E-state index in [4.69, 9.17) is 10.2 Å². The predicted octanol–water partition coefficient (Wildman–Crippen LogP) is -0.733. The van der Waals surface area contributed by atoms with Gasteiger partial charge in [-0.25, -0.2) is 14.3 Å². The van der Waals surface area contributed by atoms with Gasteiger partial charge < -0.3 is 20.0 Å². The van der Waals surface area contributed by atoms with E-state index in [1.54, 1.807) is 9.80 Å². The van der Waals surface area contributed by atoms with E-state index in [0.29, 0.717) is 26.2 Å². The molecule has 2 N–H and O–H groups in total. The number of aliphatic hydroxyl groups excluding tert-OH is 1. The Morgan fingerprint density at radius 1 is 1.50 bits per heavy atom. The third-order valence-electron chi connectivity index (χ3n) is 3.26. The van der Waals surface area contributed by atoms with Crippen LogP contribution in [0.4, 0.5) is 4.79 Å². The van der Waals surface area contributed by atoms with E-state index in [1.165, 1.54) is 10.9 Å². The van der Waals surface area contributed by atoms with E-state index in [-0.39, 0.29) is 24.4 Å². The van der Waals surface area contributed by atoms with Gasteiger partial charge in [0.2, 0.25) is 0 Å². The van der Waals surface area contributed by atoms with Crippen LogP contribution in [0.2, 0.25) is 0 Å². The van der Waals surface area contributed by atoms with Crippen LogP contribution in [0.3, 0.4) is 0 Å². The number of carbonyl (C=O) groups excluding carboxylic acids is 1. The molecule has 2 amide bonds. The number of rotatable bonds is 5. The molecule has 0 unspecified atom stereocenters. The van der Waals surface area contributed by atoms with Gasteiger partial charge >= 0.3 is 12.0 Å². The number of amides is 2. The van der Waals surface area contributed by atoms with Gasteiger partial charge in [0.25, 0.3) is 0 Å². The molecule has 1 saturated heterocycles. The van der Waals surface area contributed by atoms with Crippen LogP contribution in [0.1, 0.15) is 23.5 Å². The highest BCUT2D eigenvalue weighted by Gasteiger charge is 2.34. The molecule has 0 saturated carbocycles. The van der Waals surface area contributed by atoms with Crippen molar-refractivity contribution in [2.45, 2.75) is 13.0 Å². The first-order valence-corrected chi connectivity index (χ1v) is 6.36. The zero-order valence-corrected chi connectivity index (χ0v) is 11.1. The van der Waals surface area contributed by atoms with Crippen LogP contribution in [-0.2, 0) is 0 Å². The minimum atomic E-state index is -1.12. The minimum Gasteiger partial charge on any atom is -0.476 e. The maximum absolute atomic E-state index is 12.0. The van der Waals surface area contributed by atoms with Crippen LogP contribution in [0, 0.1) is 0 Å². The average Bonchev–Trinajstić information content (AvgIpc) is 2.83. The summed E-state index contributed by atoms with van der Waals surface area (Å²) in [5.74, 6) is -1.12. The van der Waals surface area contributed by atoms with Crippen molar-refractivity contribution in [3.8, 4) is 0 Å². The highest BCUT2D eigenvalue weighted by atomic mass is 16.4. The number of hydrogen-bond donors (Lipinski definition) is 2. The number of carboxylic acid groups (broad SMARTS) is 1. The molecule has 0 bridgehead atoms. The Labute approximate surface area is 115 Å². The summed E-state index contributed by atoms with van der Waals surface area (Å²) in [6.45, 7) is 3.55. The van der Waals surface area contributed by atoms with Crippen molar-refractivity contribution in [1.29, 1.82) is 0 Å². The Balaban J connectivity index is 1.90. The second-order valence-corrected chi connectivity index (χ2v) is 4.53. The molecule has 9 heteroatoms. The zero-order chi connectivity index (χ0) is 14.7. The number of carboxylic acids is 1. The summed E-state index contributed by atoms with van der Waals surface area (Å²) in [6.07, 6.45) is 1.36. The van der Waals surface area contributed by atoms with Gasteiger partial charge in [0.05, 0.1) is 18.8 Å². The Morgan fingerprint density at radius 3 is 2.70 bits per heavy atom. The summed E-state index contributed by atoms with van der Waals surface area (Å²) >= 11 is 0. The largest absolute Gasteiger partial charge is 0.476 e. The first-order valence-electron chi connectivity index (χ1n) is 6.36. The number of carbonyl (C=O) groups is 2. The molecule has 1 aliphatic rings. The monoisotopic (exact) mass is 283 g/mol. The molecular weight excluding hydrogens is 266 g/mol. The summed E-state index contributed by atoms with van der Waals surface area (Å²) in [4.78, 5) is 25.9. The third-order valence-corrected chi connectivity index (χ3v) is 3.26. The van der Waals surface area contributed by atoms with Crippen LogP contribution in [0.5, 0.6) is 0 Å². The van der Waals surface area contributed by atoms with Crippen LogP contribution in [0.15, 0.2) is 6.20 Å². The van der Waals surface area contributed by atoms with Crippen molar-refractivity contribution in [3.63, 3.8) is 0 Å². The molecule has 1 aliphatic heterocycles. The van der Waals surface area contributed by atoms with Crippen LogP contribution in [0.25, 0.3) is 0 Å². The van der Waals surface area contributed by atoms with Gasteiger partial charge in [-0.15, -0.1) is 5.10 Å². The van der Waals surface area contributed by atoms with Gasteiger partial charge in [0.1, 0.15) is 0 Å². The summed E-state index contributed by atoms with van der Waals surface area (Å²) in [5.41, 5.74) is -0.106. The fourth-order valence-corrected chi connectivity index (χ4v) is 2.04. The third kappa shape index (κ3) is 2.72. The van der Waals surface area contributed by atoms with Crippen molar-refractivity contribution >= 4 is 12.0 Å². The molecule has 0 atom stereocenters. The predicted molar refractivity (Wildman–Crippen MR) is 67.3 cm³/mol. The fraction of sp³-hybridized carbons (Fsp3) is 0.636. The number of aliphatic hydroxyl groups is 1. The smallest absolute Gasteiger partial charge is 0.358 e. The second-order valence-electron chi connectivity index (χ2n) is 4.53. The van der Waals surface area contributed by atoms with E-state index < -0.39 is 5.97 Å². The maximum Gasteiger partial charge on any atom is 0.358 e. The zero-order valence-electron chi connectivity index (χ0n) is 11.1. The number of urea groups is 1. The fourth-order valence-electron chi connectivity index (χ4n) is 2.04. The van der Waals surface area contributed by atoms with E-state index >= 15 is 0 Å². The average molecular weight is 283 g/mol. The Kier molecular flexibility index (Phi) is 4.18. The molecule has 110 valence electrons. The molecule has 0 spiro atoms. The molecule has 1 aromatic heterocycles. The van der Waals surface area contributed by atoms with Gasteiger partial charge in [-0.2, -0.15) is 0 Å². The summed E-state index contributed by atoms with van der Waals surface area (Å²) in [6, 6.07) is -0.177. The van der Waals surface area contributed by atoms with Crippen molar-refractivity contribution in [2.24, 2.45) is 0 Å². The van der Waals surface area contributed by atoms with Gasteiger partial charge in [0.15, 0.2) is 5.69 Å². The normalized spacial score (nSPS) is 15.0. The molecule has 2 rings (SSSR count). The first-order chi connectivity index (χ1) is 9.56. The minimum absolute atomic E-state index is 0.0487. The van der Waals surface area contributed by atoms with E-state index in [9.17, 15) is 9.59 Å². The van der Waals surface area contributed by atoms with Gasteiger partial charge in [0, 0.05) is 26.2 Å². The van der Waals surface area contributed by atoms with Crippen molar-refractivity contribution in [3.05, 3.63) is 11.9 Å². The van der Waals surface area contributed by atoms with Gasteiger partial charge in [-0.05, 0) is 6.92 Å². The lowest BCUT2D eigenvalue weighted by Crippen LogP contribution is -2.55. The van der Waals surface area contributed by atoms with Gasteiger partial charge in [-0.3, -0.25) is 0 Å². The van der Waals surface area contributed by atoms with Crippen LogP contribution < -0.4 is 0 Å². The number of aromatic carboxylic acids is 1. The number of nitrogens with zero attached hydrogens (tertiary/aromatic N) is 5. The topological polar surface area (TPSA) is 112 Å². The lowest BCUT2D eigenvalue weighted by molar-refractivity contribution is 0.0689. The lowest BCUT2D eigenvalue weighted by atomic mass is 10.1. The van der Waals surface area contributed by atoms with Crippen LogP contribution >= 0.6 is 0 Å². The molecule has 1 aromatic rings. The lowest BCUT2D eigenvalue weighted by Gasteiger charge is -2.41. The number of likely N-dealkylation sites (N-methyl/N-ethyl adjacent to an activating group) is 1. The Morgan fingerprint density at radius 2 is 2.20 bits per heavy atom. The molecule has 1 fully saturated rings. The molecule has 0 radical (unpaired) electrons.